The van der Waals surface area contributed by atoms with Crippen molar-refractivity contribution >= 4 is 29.0 Å². The summed E-state index contributed by atoms with van der Waals surface area (Å²) in [7, 11) is 0. The number of nitrogens with zero attached hydrogens (tertiary/aromatic N) is 2. The van der Waals surface area contributed by atoms with E-state index in [0.717, 1.165) is 16.8 Å². The molecule has 0 fully saturated rings. The number of carboxylic acid groups (broad SMARTS) is 1. The van der Waals surface area contributed by atoms with Crippen LogP contribution in [0.1, 0.15) is 23.6 Å². The molecule has 0 amide bonds. The van der Waals surface area contributed by atoms with Gasteiger partial charge in [-0.3, -0.25) is 5.01 Å². The van der Waals surface area contributed by atoms with Crippen LogP contribution in [0.5, 0.6) is 0 Å². The van der Waals surface area contributed by atoms with Crippen LogP contribution in [0.4, 0.5) is 5.69 Å². The predicted octanol–water partition coefficient (Wildman–Crippen LogP) is 4.04. The first-order valence-electron chi connectivity index (χ1n) is 6.98. The molecule has 0 spiro atoms. The molecular weight excluding hydrogens is 300 g/mol. The largest absolute Gasteiger partial charge is 0.477 e. The molecule has 1 N–H and O–H groups in total. The Balaban J connectivity index is 2.07. The number of aliphatic carboxylic acids is 1. The Hall–Kier alpha value is -2.33. The molecule has 2 aromatic rings. The molecule has 0 radical (unpaired) electrons. The summed E-state index contributed by atoms with van der Waals surface area (Å²) >= 11 is 6.19. The normalized spacial score (nSPS) is 17.5. The molecule has 1 heterocycles. The van der Waals surface area contributed by atoms with E-state index in [2.05, 4.69) is 5.10 Å². The van der Waals surface area contributed by atoms with Crippen LogP contribution in [0.25, 0.3) is 0 Å². The second kappa shape index (κ2) is 5.81. The fourth-order valence-electron chi connectivity index (χ4n) is 2.64. The van der Waals surface area contributed by atoms with Gasteiger partial charge in [-0.25, -0.2) is 4.79 Å². The maximum Gasteiger partial charge on any atom is 0.352 e. The summed E-state index contributed by atoms with van der Waals surface area (Å²) in [5, 5.41) is 16.0. The van der Waals surface area contributed by atoms with Crippen LogP contribution in [-0.2, 0) is 4.79 Å². The van der Waals surface area contributed by atoms with Crippen LogP contribution in [0.15, 0.2) is 53.6 Å². The van der Waals surface area contributed by atoms with Gasteiger partial charge >= 0.3 is 5.97 Å². The minimum Gasteiger partial charge on any atom is -0.477 e. The van der Waals surface area contributed by atoms with Crippen molar-refractivity contribution in [1.82, 2.24) is 0 Å². The quantitative estimate of drug-likeness (QED) is 0.930. The van der Waals surface area contributed by atoms with Gasteiger partial charge in [0.2, 0.25) is 0 Å². The maximum atomic E-state index is 11.3. The van der Waals surface area contributed by atoms with Crippen molar-refractivity contribution in [2.24, 2.45) is 5.10 Å². The lowest BCUT2D eigenvalue weighted by Gasteiger charge is -2.25. The first-order chi connectivity index (χ1) is 10.6. The molecule has 1 aliphatic rings. The third-order valence-electron chi connectivity index (χ3n) is 3.83. The fourth-order valence-corrected chi connectivity index (χ4v) is 2.81. The van der Waals surface area contributed by atoms with E-state index >= 15 is 0 Å². The molecule has 0 aliphatic carbocycles. The van der Waals surface area contributed by atoms with E-state index in [-0.39, 0.29) is 11.8 Å². The van der Waals surface area contributed by atoms with Crippen LogP contribution >= 0.6 is 11.6 Å². The van der Waals surface area contributed by atoms with Gasteiger partial charge in [-0.1, -0.05) is 48.0 Å². The van der Waals surface area contributed by atoms with Crippen molar-refractivity contribution in [3.05, 3.63) is 64.7 Å². The highest BCUT2D eigenvalue weighted by Crippen LogP contribution is 2.38. The molecule has 0 saturated heterocycles. The van der Waals surface area contributed by atoms with Crippen molar-refractivity contribution in [2.45, 2.75) is 19.4 Å². The number of hydrazone groups is 1. The lowest BCUT2D eigenvalue weighted by Crippen LogP contribution is -2.19. The van der Waals surface area contributed by atoms with E-state index in [1.165, 1.54) is 0 Å². The summed E-state index contributed by atoms with van der Waals surface area (Å²) in [6.45, 7) is 1.91. The third kappa shape index (κ3) is 2.57. The standard InChI is InChI=1S/C17H15ClN2O2/c1-11-13(18)8-5-9-15(11)20-16(10-14(19-20)17(21)22)12-6-3-2-4-7-12/h2-9,16H,10H2,1H3,(H,21,22). The summed E-state index contributed by atoms with van der Waals surface area (Å²) in [5.41, 5.74) is 2.91. The molecule has 0 aromatic heterocycles. The average molecular weight is 315 g/mol. The number of rotatable bonds is 3. The molecule has 22 heavy (non-hydrogen) atoms. The van der Waals surface area contributed by atoms with E-state index in [1.807, 2.05) is 55.5 Å². The molecule has 3 rings (SSSR count). The Morgan fingerprint density at radius 1 is 1.23 bits per heavy atom. The Morgan fingerprint density at radius 2 is 1.95 bits per heavy atom. The van der Waals surface area contributed by atoms with E-state index in [4.69, 9.17) is 11.6 Å². The van der Waals surface area contributed by atoms with E-state index in [9.17, 15) is 9.90 Å². The van der Waals surface area contributed by atoms with E-state index in [0.29, 0.717) is 11.4 Å². The molecule has 0 saturated carbocycles. The third-order valence-corrected chi connectivity index (χ3v) is 4.24. The predicted molar refractivity (Wildman–Crippen MR) is 87.5 cm³/mol. The van der Waals surface area contributed by atoms with Crippen LogP contribution in [0, 0.1) is 6.92 Å². The molecule has 1 aliphatic heterocycles. The first kappa shape index (κ1) is 14.6. The molecule has 1 unspecified atom stereocenters. The number of carbonyl (C=O) groups is 1. The summed E-state index contributed by atoms with van der Waals surface area (Å²) in [6.07, 6.45) is 0.366. The number of carboxylic acids is 1. The fraction of sp³-hybridized carbons (Fsp3) is 0.176. The summed E-state index contributed by atoms with van der Waals surface area (Å²) in [5.74, 6) is -0.983. The highest BCUT2D eigenvalue weighted by atomic mass is 35.5. The molecule has 0 bridgehead atoms. The molecule has 2 aromatic carbocycles. The second-order valence-electron chi connectivity index (χ2n) is 5.21. The Bertz CT molecular complexity index is 744. The second-order valence-corrected chi connectivity index (χ2v) is 5.62. The van der Waals surface area contributed by atoms with Crippen molar-refractivity contribution in [2.75, 3.05) is 5.01 Å². The van der Waals surface area contributed by atoms with Gasteiger partial charge in [0.15, 0.2) is 0 Å². The van der Waals surface area contributed by atoms with E-state index < -0.39 is 5.97 Å². The first-order valence-corrected chi connectivity index (χ1v) is 7.36. The van der Waals surface area contributed by atoms with Gasteiger partial charge in [0.25, 0.3) is 0 Å². The van der Waals surface area contributed by atoms with Crippen molar-refractivity contribution in [3.63, 3.8) is 0 Å². The van der Waals surface area contributed by atoms with Crippen LogP contribution in [0.3, 0.4) is 0 Å². The monoisotopic (exact) mass is 314 g/mol. The zero-order chi connectivity index (χ0) is 15.7. The number of hydrogen-bond acceptors (Lipinski definition) is 3. The SMILES string of the molecule is Cc1c(Cl)cccc1N1N=C(C(=O)O)CC1c1ccccc1. The van der Waals surface area contributed by atoms with Crippen LogP contribution < -0.4 is 5.01 Å². The smallest absolute Gasteiger partial charge is 0.352 e. The zero-order valence-corrected chi connectivity index (χ0v) is 12.8. The van der Waals surface area contributed by atoms with Gasteiger partial charge in [0.05, 0.1) is 11.7 Å². The molecule has 1 atom stereocenters. The number of halogens is 1. The van der Waals surface area contributed by atoms with Gasteiger partial charge < -0.3 is 5.11 Å². The van der Waals surface area contributed by atoms with Gasteiger partial charge in [-0.05, 0) is 30.2 Å². The summed E-state index contributed by atoms with van der Waals surface area (Å²) in [6, 6.07) is 15.2. The molecule has 5 heteroatoms. The summed E-state index contributed by atoms with van der Waals surface area (Å²) < 4.78 is 0. The van der Waals surface area contributed by atoms with Crippen molar-refractivity contribution < 1.29 is 9.90 Å². The lowest BCUT2D eigenvalue weighted by atomic mass is 10.0. The summed E-state index contributed by atoms with van der Waals surface area (Å²) in [4.78, 5) is 11.3. The van der Waals surface area contributed by atoms with Crippen LogP contribution in [-0.4, -0.2) is 16.8 Å². The van der Waals surface area contributed by atoms with Gasteiger partial charge in [-0.15, -0.1) is 0 Å². The minimum absolute atomic E-state index is 0.135. The Labute approximate surface area is 133 Å². The Morgan fingerprint density at radius 3 is 2.64 bits per heavy atom. The Kier molecular flexibility index (Phi) is 3.86. The van der Waals surface area contributed by atoms with Gasteiger partial charge in [0, 0.05) is 11.4 Å². The molecule has 4 nitrogen and oxygen atoms in total. The van der Waals surface area contributed by atoms with Crippen molar-refractivity contribution in [1.29, 1.82) is 0 Å². The number of hydrogen-bond donors (Lipinski definition) is 1. The van der Waals surface area contributed by atoms with Crippen LogP contribution in [0.2, 0.25) is 5.02 Å². The highest BCUT2D eigenvalue weighted by molar-refractivity contribution is 6.36. The number of benzene rings is 2. The van der Waals surface area contributed by atoms with E-state index in [1.54, 1.807) is 5.01 Å². The van der Waals surface area contributed by atoms with Gasteiger partial charge in [-0.2, -0.15) is 5.10 Å². The topological polar surface area (TPSA) is 52.9 Å². The molecular formula is C17H15ClN2O2. The molecule has 112 valence electrons. The average Bonchev–Trinajstić information content (AvgIpc) is 2.96. The minimum atomic E-state index is -0.983. The zero-order valence-electron chi connectivity index (χ0n) is 12.0. The highest BCUT2D eigenvalue weighted by Gasteiger charge is 2.33. The maximum absolute atomic E-state index is 11.3. The lowest BCUT2D eigenvalue weighted by molar-refractivity contribution is -0.129. The number of anilines is 1. The van der Waals surface area contributed by atoms with Crippen molar-refractivity contribution in [3.8, 4) is 0 Å². The van der Waals surface area contributed by atoms with Gasteiger partial charge in [0.1, 0.15) is 5.71 Å².